The predicted octanol–water partition coefficient (Wildman–Crippen LogP) is 3.71. The molecular weight excluding hydrogens is 428 g/mol. The second-order valence-corrected chi connectivity index (χ2v) is 9.71. The second kappa shape index (κ2) is 7.36. The maximum atomic E-state index is 13.3. The Kier molecular flexibility index (Phi) is 4.72. The molecule has 1 amide bonds. The van der Waals surface area contributed by atoms with Crippen LogP contribution in [-0.2, 0) is 20.2 Å². The quantitative estimate of drug-likeness (QED) is 0.616. The molecule has 32 heavy (non-hydrogen) atoms. The van der Waals surface area contributed by atoms with E-state index < -0.39 is 15.4 Å². The Hall–Kier alpha value is -3.36. The van der Waals surface area contributed by atoms with Crippen molar-refractivity contribution in [3.8, 4) is 22.6 Å². The molecule has 0 unspecified atom stereocenters. The van der Waals surface area contributed by atoms with Crippen LogP contribution < -0.4 is 19.9 Å². The third-order valence-electron chi connectivity index (χ3n) is 6.19. The topological polar surface area (TPSA) is 108 Å². The number of rotatable bonds is 5. The Morgan fingerprint density at radius 3 is 2.41 bits per heavy atom. The number of amides is 1. The Labute approximate surface area is 186 Å². The first-order chi connectivity index (χ1) is 15.3. The van der Waals surface area contributed by atoms with Crippen LogP contribution in [0.4, 0.5) is 5.69 Å². The van der Waals surface area contributed by atoms with Crippen LogP contribution in [0.2, 0.25) is 0 Å². The predicted molar refractivity (Wildman–Crippen MR) is 120 cm³/mol. The van der Waals surface area contributed by atoms with Crippen LogP contribution >= 0.6 is 0 Å². The Balaban J connectivity index is 1.41. The molecule has 1 fully saturated rings. The molecule has 8 heteroatoms. The van der Waals surface area contributed by atoms with Crippen LogP contribution in [0.1, 0.15) is 24.0 Å². The zero-order valence-electron chi connectivity index (χ0n) is 17.4. The molecule has 1 aliphatic carbocycles. The van der Waals surface area contributed by atoms with Gasteiger partial charge in [0.25, 0.3) is 0 Å². The maximum Gasteiger partial charge on any atom is 0.238 e. The van der Waals surface area contributed by atoms with Gasteiger partial charge in [0.05, 0.1) is 10.3 Å². The average molecular weight is 451 g/mol. The summed E-state index contributed by atoms with van der Waals surface area (Å²) in [5.41, 5.74) is 3.70. The summed E-state index contributed by atoms with van der Waals surface area (Å²) in [6.07, 6.45) is 1.54. The number of nitrogens with one attached hydrogen (secondary N) is 1. The average Bonchev–Trinajstić information content (AvgIpc) is 3.45. The van der Waals surface area contributed by atoms with Crippen LogP contribution in [0.3, 0.4) is 0 Å². The van der Waals surface area contributed by atoms with Crippen molar-refractivity contribution in [2.45, 2.75) is 30.1 Å². The number of hydrogen-bond donors (Lipinski definition) is 2. The normalized spacial score (nSPS) is 15.9. The summed E-state index contributed by atoms with van der Waals surface area (Å²) in [6, 6.07) is 17.7. The summed E-state index contributed by atoms with van der Waals surface area (Å²) in [5.74, 6) is 1.31. The van der Waals surface area contributed by atoms with Gasteiger partial charge in [0, 0.05) is 5.69 Å². The highest BCUT2D eigenvalue weighted by atomic mass is 32.2. The van der Waals surface area contributed by atoms with E-state index in [1.807, 2.05) is 43.3 Å². The highest BCUT2D eigenvalue weighted by Gasteiger charge is 2.51. The molecule has 3 aromatic carbocycles. The lowest BCUT2D eigenvalue weighted by Gasteiger charge is -2.18. The SMILES string of the molecule is Cc1c(NC(=O)C2(c3ccc4c(c3)OCO4)CC2)cccc1-c1ccc(S(N)(=O)=O)cc1. The zero-order valence-corrected chi connectivity index (χ0v) is 18.2. The van der Waals surface area contributed by atoms with Gasteiger partial charge in [-0.25, -0.2) is 13.6 Å². The number of sulfonamides is 1. The largest absolute Gasteiger partial charge is 0.454 e. The number of carbonyl (C=O) groups is 1. The van der Waals surface area contributed by atoms with Gasteiger partial charge in [-0.2, -0.15) is 0 Å². The van der Waals surface area contributed by atoms with Gasteiger partial charge in [-0.3, -0.25) is 4.79 Å². The molecule has 0 radical (unpaired) electrons. The maximum absolute atomic E-state index is 13.3. The molecule has 5 rings (SSSR count). The van der Waals surface area contributed by atoms with Gasteiger partial charge in [0.1, 0.15) is 0 Å². The van der Waals surface area contributed by atoms with Crippen molar-refractivity contribution in [2.75, 3.05) is 12.1 Å². The number of anilines is 1. The molecule has 0 spiro atoms. The molecule has 3 aromatic rings. The standard InChI is InChI=1S/C24H22N2O5S/c1-15-19(16-5-8-18(9-6-16)32(25,28)29)3-2-4-20(15)26-23(27)24(11-12-24)17-7-10-21-22(13-17)31-14-30-21/h2-10,13H,11-12,14H2,1H3,(H,26,27)(H2,25,28,29). The molecule has 1 heterocycles. The Morgan fingerprint density at radius 2 is 1.72 bits per heavy atom. The number of benzene rings is 3. The second-order valence-electron chi connectivity index (χ2n) is 8.15. The fraction of sp³-hybridized carbons (Fsp3) is 0.208. The molecule has 0 atom stereocenters. The summed E-state index contributed by atoms with van der Waals surface area (Å²) in [4.78, 5) is 13.3. The summed E-state index contributed by atoms with van der Waals surface area (Å²) in [5, 5.41) is 8.29. The number of nitrogens with two attached hydrogens (primary N) is 1. The van der Waals surface area contributed by atoms with Crippen molar-refractivity contribution in [2.24, 2.45) is 5.14 Å². The van der Waals surface area contributed by atoms with Gasteiger partial charge in [-0.05, 0) is 72.4 Å². The van der Waals surface area contributed by atoms with Crippen LogP contribution in [0.25, 0.3) is 11.1 Å². The fourth-order valence-electron chi connectivity index (χ4n) is 4.12. The molecular formula is C24H22N2O5S. The van der Waals surface area contributed by atoms with Crippen molar-refractivity contribution in [3.63, 3.8) is 0 Å². The van der Waals surface area contributed by atoms with E-state index in [9.17, 15) is 13.2 Å². The molecule has 0 bridgehead atoms. The molecule has 164 valence electrons. The molecule has 1 saturated carbocycles. The van der Waals surface area contributed by atoms with Gasteiger partial charge in [-0.1, -0.05) is 30.3 Å². The molecule has 3 N–H and O–H groups in total. The first-order valence-electron chi connectivity index (χ1n) is 10.2. The summed E-state index contributed by atoms with van der Waals surface area (Å²) < 4.78 is 33.9. The third kappa shape index (κ3) is 3.51. The number of primary sulfonamides is 1. The van der Waals surface area contributed by atoms with Crippen molar-refractivity contribution >= 4 is 21.6 Å². The molecule has 0 aromatic heterocycles. The molecule has 0 saturated heterocycles. The van der Waals surface area contributed by atoms with Crippen LogP contribution in [-0.4, -0.2) is 21.1 Å². The van der Waals surface area contributed by atoms with E-state index in [1.54, 1.807) is 12.1 Å². The van der Waals surface area contributed by atoms with Gasteiger partial charge in [0.15, 0.2) is 11.5 Å². The summed E-state index contributed by atoms with van der Waals surface area (Å²) in [6.45, 7) is 2.13. The van der Waals surface area contributed by atoms with E-state index in [2.05, 4.69) is 5.32 Å². The van der Waals surface area contributed by atoms with E-state index >= 15 is 0 Å². The van der Waals surface area contributed by atoms with Crippen LogP contribution in [0.15, 0.2) is 65.6 Å². The van der Waals surface area contributed by atoms with Gasteiger partial charge in [-0.15, -0.1) is 0 Å². The van der Waals surface area contributed by atoms with Crippen LogP contribution in [0, 0.1) is 6.92 Å². The summed E-state index contributed by atoms with van der Waals surface area (Å²) in [7, 11) is -3.75. The van der Waals surface area contributed by atoms with Crippen molar-refractivity contribution in [1.82, 2.24) is 0 Å². The third-order valence-corrected chi connectivity index (χ3v) is 7.11. The monoisotopic (exact) mass is 450 g/mol. The number of hydrogen-bond acceptors (Lipinski definition) is 5. The van der Waals surface area contributed by atoms with Crippen molar-refractivity contribution in [3.05, 3.63) is 71.8 Å². The van der Waals surface area contributed by atoms with Gasteiger partial charge < -0.3 is 14.8 Å². The van der Waals surface area contributed by atoms with Crippen molar-refractivity contribution in [1.29, 1.82) is 0 Å². The van der Waals surface area contributed by atoms with Gasteiger partial charge >= 0.3 is 0 Å². The van der Waals surface area contributed by atoms with E-state index in [0.717, 1.165) is 40.8 Å². The minimum Gasteiger partial charge on any atom is -0.454 e. The molecule has 1 aliphatic heterocycles. The fourth-order valence-corrected chi connectivity index (χ4v) is 4.63. The smallest absolute Gasteiger partial charge is 0.238 e. The first-order valence-corrected chi connectivity index (χ1v) is 11.8. The van der Waals surface area contributed by atoms with Crippen molar-refractivity contribution < 1.29 is 22.7 Å². The van der Waals surface area contributed by atoms with Gasteiger partial charge in [0.2, 0.25) is 22.7 Å². The lowest BCUT2D eigenvalue weighted by atomic mass is 9.93. The van der Waals surface area contributed by atoms with E-state index in [4.69, 9.17) is 14.6 Å². The van der Waals surface area contributed by atoms with Crippen LogP contribution in [0.5, 0.6) is 11.5 Å². The number of ether oxygens (including phenoxy) is 2. The Bertz CT molecular complexity index is 1330. The highest BCUT2D eigenvalue weighted by Crippen LogP contribution is 2.51. The van der Waals surface area contributed by atoms with E-state index in [-0.39, 0.29) is 17.6 Å². The molecule has 7 nitrogen and oxygen atoms in total. The lowest BCUT2D eigenvalue weighted by molar-refractivity contribution is -0.118. The first kappa shape index (κ1) is 20.5. The highest BCUT2D eigenvalue weighted by molar-refractivity contribution is 7.89. The Morgan fingerprint density at radius 1 is 1.00 bits per heavy atom. The lowest BCUT2D eigenvalue weighted by Crippen LogP contribution is -2.28. The zero-order chi connectivity index (χ0) is 22.5. The number of carbonyl (C=O) groups excluding carboxylic acids is 1. The minimum absolute atomic E-state index is 0.0545. The van der Waals surface area contributed by atoms with E-state index in [1.165, 1.54) is 12.1 Å². The number of fused-ring (bicyclic) bond motifs is 1. The van der Waals surface area contributed by atoms with E-state index in [0.29, 0.717) is 11.5 Å². The minimum atomic E-state index is -3.75. The molecule has 2 aliphatic rings. The summed E-state index contributed by atoms with van der Waals surface area (Å²) >= 11 is 0.